The average molecular weight is 206 g/mol. The van der Waals surface area contributed by atoms with E-state index in [1.165, 1.54) is 20.0 Å². The van der Waals surface area contributed by atoms with E-state index in [0.717, 1.165) is 31.1 Å². The molecule has 0 heterocycles. The van der Waals surface area contributed by atoms with E-state index >= 15 is 0 Å². The maximum absolute atomic E-state index is 11.9. The lowest BCUT2D eigenvalue weighted by molar-refractivity contribution is -0.155. The van der Waals surface area contributed by atoms with Crippen molar-refractivity contribution in [1.29, 1.82) is 0 Å². The van der Waals surface area contributed by atoms with Crippen LogP contribution >= 0.6 is 0 Å². The fourth-order valence-corrected chi connectivity index (χ4v) is 4.16. The molecule has 3 bridgehead atoms. The second kappa shape index (κ2) is 3.10. The third kappa shape index (κ3) is 1.27. The van der Waals surface area contributed by atoms with Gasteiger partial charge in [0.25, 0.3) is 0 Å². The van der Waals surface area contributed by atoms with Gasteiger partial charge in [0.2, 0.25) is 0 Å². The molecular weight excluding hydrogens is 188 g/mol. The lowest BCUT2D eigenvalue weighted by atomic mass is 9.70. The van der Waals surface area contributed by atoms with Gasteiger partial charge in [0.1, 0.15) is 0 Å². The van der Waals surface area contributed by atoms with E-state index in [-0.39, 0.29) is 11.4 Å². The van der Waals surface area contributed by atoms with Crippen LogP contribution in [0.15, 0.2) is 12.2 Å². The van der Waals surface area contributed by atoms with E-state index in [1.54, 1.807) is 0 Å². The minimum Gasteiger partial charge on any atom is -0.469 e. The van der Waals surface area contributed by atoms with Crippen LogP contribution in [0.4, 0.5) is 0 Å². The van der Waals surface area contributed by atoms with Crippen LogP contribution < -0.4 is 0 Å². The Hall–Kier alpha value is -0.790. The molecular formula is C13H18O2. The fourth-order valence-electron chi connectivity index (χ4n) is 4.16. The zero-order chi connectivity index (χ0) is 10.5. The SMILES string of the molecule is COC(=O)C12CC3CC=CC(C1)C(C3)C2. The maximum atomic E-state index is 11.9. The highest BCUT2D eigenvalue weighted by Gasteiger charge is 2.55. The molecule has 0 aromatic heterocycles. The molecule has 0 aromatic carbocycles. The zero-order valence-corrected chi connectivity index (χ0v) is 9.24. The number of carbonyl (C=O) groups is 1. The van der Waals surface area contributed by atoms with Gasteiger partial charge in [-0.25, -0.2) is 0 Å². The average Bonchev–Trinajstić information content (AvgIpc) is 2.40. The number of allylic oxidation sites excluding steroid dienone is 2. The number of ether oxygens (including phenoxy) is 1. The molecule has 2 saturated carbocycles. The Bertz CT molecular complexity index is 320. The van der Waals surface area contributed by atoms with Crippen molar-refractivity contribution < 1.29 is 9.53 Å². The van der Waals surface area contributed by atoms with Crippen LogP contribution in [0.5, 0.6) is 0 Å². The van der Waals surface area contributed by atoms with E-state index in [4.69, 9.17) is 4.74 Å². The number of rotatable bonds is 1. The molecule has 3 aliphatic rings. The van der Waals surface area contributed by atoms with Crippen molar-refractivity contribution in [3.63, 3.8) is 0 Å². The molecule has 0 saturated heterocycles. The van der Waals surface area contributed by atoms with Crippen molar-refractivity contribution in [2.24, 2.45) is 23.2 Å². The first kappa shape index (κ1) is 9.44. The molecule has 4 unspecified atom stereocenters. The Morgan fingerprint density at radius 1 is 1.40 bits per heavy atom. The van der Waals surface area contributed by atoms with Gasteiger partial charge in [-0.1, -0.05) is 12.2 Å². The Morgan fingerprint density at radius 2 is 2.27 bits per heavy atom. The van der Waals surface area contributed by atoms with Crippen LogP contribution in [0.25, 0.3) is 0 Å². The van der Waals surface area contributed by atoms with Gasteiger partial charge in [0.15, 0.2) is 0 Å². The van der Waals surface area contributed by atoms with Crippen LogP contribution in [0.3, 0.4) is 0 Å². The number of hydrogen-bond acceptors (Lipinski definition) is 2. The summed E-state index contributed by atoms with van der Waals surface area (Å²) in [4.78, 5) is 11.9. The first-order valence-corrected chi connectivity index (χ1v) is 5.98. The molecule has 3 aliphatic carbocycles. The van der Waals surface area contributed by atoms with Gasteiger partial charge in [-0.2, -0.15) is 0 Å². The smallest absolute Gasteiger partial charge is 0.311 e. The summed E-state index contributed by atoms with van der Waals surface area (Å²) in [6.07, 6.45) is 10.4. The Balaban J connectivity index is 1.96. The van der Waals surface area contributed by atoms with E-state index in [0.29, 0.717) is 5.92 Å². The summed E-state index contributed by atoms with van der Waals surface area (Å²) in [6, 6.07) is 0. The first-order valence-electron chi connectivity index (χ1n) is 5.98. The van der Waals surface area contributed by atoms with Crippen molar-refractivity contribution in [3.8, 4) is 0 Å². The van der Waals surface area contributed by atoms with Gasteiger partial charge in [0, 0.05) is 0 Å². The summed E-state index contributed by atoms with van der Waals surface area (Å²) in [7, 11) is 1.53. The van der Waals surface area contributed by atoms with E-state index in [1.807, 2.05) is 0 Å². The highest BCUT2D eigenvalue weighted by Crippen LogP contribution is 2.58. The van der Waals surface area contributed by atoms with Crippen molar-refractivity contribution in [3.05, 3.63) is 12.2 Å². The summed E-state index contributed by atoms with van der Waals surface area (Å²) >= 11 is 0. The predicted molar refractivity (Wildman–Crippen MR) is 57.1 cm³/mol. The summed E-state index contributed by atoms with van der Waals surface area (Å²) < 4.78 is 5.01. The Labute approximate surface area is 90.7 Å². The van der Waals surface area contributed by atoms with E-state index < -0.39 is 0 Å². The minimum absolute atomic E-state index is 0.0509. The summed E-state index contributed by atoms with van der Waals surface area (Å²) in [6.45, 7) is 0. The molecule has 0 spiro atoms. The zero-order valence-electron chi connectivity index (χ0n) is 9.24. The molecule has 0 amide bonds. The van der Waals surface area contributed by atoms with Gasteiger partial charge in [0.05, 0.1) is 12.5 Å². The number of carbonyl (C=O) groups excluding carboxylic acids is 1. The highest BCUT2D eigenvalue weighted by atomic mass is 16.5. The molecule has 0 N–H and O–H groups in total. The minimum atomic E-state index is -0.113. The topological polar surface area (TPSA) is 26.3 Å². The van der Waals surface area contributed by atoms with E-state index in [2.05, 4.69) is 12.2 Å². The second-order valence-corrected chi connectivity index (χ2v) is 5.57. The maximum Gasteiger partial charge on any atom is 0.311 e. The normalized spacial score (nSPS) is 46.6. The van der Waals surface area contributed by atoms with Gasteiger partial charge in [-0.15, -0.1) is 0 Å². The molecule has 2 nitrogen and oxygen atoms in total. The number of hydrogen-bond donors (Lipinski definition) is 0. The Morgan fingerprint density at radius 3 is 3.07 bits per heavy atom. The lowest BCUT2D eigenvalue weighted by Crippen LogP contribution is -2.35. The lowest BCUT2D eigenvalue weighted by Gasteiger charge is -2.35. The molecule has 0 aromatic rings. The second-order valence-electron chi connectivity index (χ2n) is 5.57. The van der Waals surface area contributed by atoms with Gasteiger partial charge >= 0.3 is 5.97 Å². The van der Waals surface area contributed by atoms with Crippen molar-refractivity contribution in [2.45, 2.75) is 32.1 Å². The summed E-state index contributed by atoms with van der Waals surface area (Å²) in [5.41, 5.74) is -0.113. The molecule has 15 heavy (non-hydrogen) atoms. The number of fused-ring (bicyclic) bond motifs is 2. The largest absolute Gasteiger partial charge is 0.469 e. The monoisotopic (exact) mass is 206 g/mol. The molecule has 2 fully saturated rings. The standard InChI is InChI=1S/C13H18O2/c1-15-12(14)13-6-9-3-2-4-10(7-13)11(5-9)8-13/h2,4,9-11H,3,5-8H2,1H3. The third-order valence-electron chi connectivity index (χ3n) is 4.67. The van der Waals surface area contributed by atoms with Gasteiger partial charge < -0.3 is 4.74 Å². The summed E-state index contributed by atoms with van der Waals surface area (Å²) in [5.74, 6) is 2.18. The molecule has 2 heteroatoms. The molecule has 0 radical (unpaired) electrons. The van der Waals surface area contributed by atoms with Crippen LogP contribution in [0.2, 0.25) is 0 Å². The van der Waals surface area contributed by atoms with Crippen LogP contribution in [-0.2, 0) is 9.53 Å². The van der Waals surface area contributed by atoms with Crippen LogP contribution in [-0.4, -0.2) is 13.1 Å². The number of esters is 1. The first-order chi connectivity index (χ1) is 7.23. The molecule has 4 atom stereocenters. The molecule has 3 rings (SSSR count). The van der Waals surface area contributed by atoms with Gasteiger partial charge in [-0.3, -0.25) is 4.79 Å². The van der Waals surface area contributed by atoms with Crippen molar-refractivity contribution >= 4 is 5.97 Å². The fraction of sp³-hybridized carbons (Fsp3) is 0.769. The van der Waals surface area contributed by atoms with Crippen molar-refractivity contribution in [1.82, 2.24) is 0 Å². The van der Waals surface area contributed by atoms with E-state index in [9.17, 15) is 4.79 Å². The predicted octanol–water partition coefficient (Wildman–Crippen LogP) is 2.54. The number of methoxy groups -OCH3 is 1. The third-order valence-corrected chi connectivity index (χ3v) is 4.67. The quantitative estimate of drug-likeness (QED) is 0.487. The van der Waals surface area contributed by atoms with Gasteiger partial charge in [-0.05, 0) is 49.9 Å². The van der Waals surface area contributed by atoms with Crippen molar-refractivity contribution in [2.75, 3.05) is 7.11 Å². The molecule has 0 aliphatic heterocycles. The van der Waals surface area contributed by atoms with Crippen LogP contribution in [0, 0.1) is 23.2 Å². The Kier molecular flexibility index (Phi) is 1.95. The molecule has 82 valence electrons. The highest BCUT2D eigenvalue weighted by molar-refractivity contribution is 5.77. The summed E-state index contributed by atoms with van der Waals surface area (Å²) in [5, 5.41) is 0. The van der Waals surface area contributed by atoms with Crippen LogP contribution in [0.1, 0.15) is 32.1 Å².